The van der Waals surface area contributed by atoms with E-state index in [-0.39, 0.29) is 23.1 Å². The molecule has 1 amide bonds. The molecule has 150 valence electrons. The monoisotopic (exact) mass is 404 g/mol. The van der Waals surface area contributed by atoms with Gasteiger partial charge in [-0.2, -0.15) is 0 Å². The number of amides is 1. The molecule has 8 heteroatoms. The zero-order valence-electron chi connectivity index (χ0n) is 16.2. The van der Waals surface area contributed by atoms with Gasteiger partial charge in [0.15, 0.2) is 5.75 Å². The van der Waals surface area contributed by atoms with E-state index in [9.17, 15) is 14.9 Å². The number of nitrogens with one attached hydrogen (secondary N) is 1. The molecule has 0 heterocycles. The first-order chi connectivity index (χ1) is 13.4. The predicted octanol–water partition coefficient (Wildman–Crippen LogP) is 3.65. The number of nitro groups is 1. The van der Waals surface area contributed by atoms with Gasteiger partial charge in [0.25, 0.3) is 0 Å². The zero-order valence-corrected chi connectivity index (χ0v) is 17.0. The van der Waals surface area contributed by atoms with Crippen LogP contribution in [0.2, 0.25) is 0 Å². The minimum atomic E-state index is -0.476. The largest absolute Gasteiger partial charge is 0.491 e. The second-order valence-electron chi connectivity index (χ2n) is 6.18. The first-order valence-corrected chi connectivity index (χ1v) is 9.92. The van der Waals surface area contributed by atoms with Gasteiger partial charge in [-0.15, -0.1) is 11.8 Å². The minimum Gasteiger partial charge on any atom is -0.491 e. The number of nitrogens with zero attached hydrogens (tertiary/aromatic N) is 1. The molecule has 28 heavy (non-hydrogen) atoms. The Morgan fingerprint density at radius 1 is 1.21 bits per heavy atom. The third-order valence-corrected chi connectivity index (χ3v) is 5.03. The molecule has 0 unspecified atom stereocenters. The molecule has 0 radical (unpaired) electrons. The SMILES string of the molecule is COc1ccc(CSCC(=O)NCCOc2c(C)cccc2C)cc1[N+](=O)[O-]. The number of hydrogen-bond donors (Lipinski definition) is 1. The second kappa shape index (κ2) is 10.6. The van der Waals surface area contributed by atoms with E-state index in [0.29, 0.717) is 18.9 Å². The van der Waals surface area contributed by atoms with Gasteiger partial charge >= 0.3 is 5.69 Å². The summed E-state index contributed by atoms with van der Waals surface area (Å²) < 4.78 is 10.7. The van der Waals surface area contributed by atoms with Crippen LogP contribution in [0.3, 0.4) is 0 Å². The molecular weight excluding hydrogens is 380 g/mol. The number of para-hydroxylation sites is 1. The highest BCUT2D eigenvalue weighted by atomic mass is 32.2. The Kier molecular flexibility index (Phi) is 8.13. The molecule has 1 N–H and O–H groups in total. The van der Waals surface area contributed by atoms with Gasteiger partial charge in [0.2, 0.25) is 5.91 Å². The topological polar surface area (TPSA) is 90.7 Å². The van der Waals surface area contributed by atoms with Crippen molar-refractivity contribution >= 4 is 23.4 Å². The lowest BCUT2D eigenvalue weighted by molar-refractivity contribution is -0.385. The average molecular weight is 404 g/mol. The van der Waals surface area contributed by atoms with Crippen LogP contribution >= 0.6 is 11.8 Å². The molecule has 0 aliphatic carbocycles. The summed E-state index contributed by atoms with van der Waals surface area (Å²) >= 11 is 1.39. The summed E-state index contributed by atoms with van der Waals surface area (Å²) in [5.41, 5.74) is 2.82. The van der Waals surface area contributed by atoms with Crippen molar-refractivity contribution in [3.05, 3.63) is 63.2 Å². The van der Waals surface area contributed by atoms with Gasteiger partial charge in [-0.05, 0) is 36.6 Å². The van der Waals surface area contributed by atoms with Crippen molar-refractivity contribution in [1.82, 2.24) is 5.32 Å². The third-order valence-electron chi connectivity index (χ3n) is 4.02. The first kappa shape index (κ1) is 21.6. The summed E-state index contributed by atoms with van der Waals surface area (Å²) in [6.45, 7) is 4.79. The molecule has 0 aliphatic rings. The molecule has 0 spiro atoms. The molecule has 0 aromatic heterocycles. The Morgan fingerprint density at radius 3 is 2.57 bits per heavy atom. The van der Waals surface area contributed by atoms with E-state index in [1.165, 1.54) is 24.9 Å². The first-order valence-electron chi connectivity index (χ1n) is 8.77. The van der Waals surface area contributed by atoms with Crippen LogP contribution in [0.1, 0.15) is 16.7 Å². The van der Waals surface area contributed by atoms with E-state index < -0.39 is 4.92 Å². The fourth-order valence-corrected chi connectivity index (χ4v) is 3.46. The van der Waals surface area contributed by atoms with E-state index in [1.54, 1.807) is 12.1 Å². The van der Waals surface area contributed by atoms with Gasteiger partial charge in [-0.1, -0.05) is 24.3 Å². The number of carbonyl (C=O) groups excluding carboxylic acids is 1. The van der Waals surface area contributed by atoms with Crippen molar-refractivity contribution in [3.8, 4) is 11.5 Å². The lowest BCUT2D eigenvalue weighted by Gasteiger charge is -2.12. The van der Waals surface area contributed by atoms with Crippen LogP contribution in [-0.4, -0.2) is 36.8 Å². The highest BCUT2D eigenvalue weighted by molar-refractivity contribution is 7.99. The number of hydrogen-bond acceptors (Lipinski definition) is 6. The number of ether oxygens (including phenoxy) is 2. The molecule has 2 aromatic carbocycles. The molecule has 2 rings (SSSR count). The third kappa shape index (κ3) is 6.16. The van der Waals surface area contributed by atoms with Crippen LogP contribution in [-0.2, 0) is 10.5 Å². The smallest absolute Gasteiger partial charge is 0.311 e. The Balaban J connectivity index is 1.72. The van der Waals surface area contributed by atoms with Crippen molar-refractivity contribution in [2.45, 2.75) is 19.6 Å². The van der Waals surface area contributed by atoms with Crippen LogP contribution in [0.4, 0.5) is 5.69 Å². The summed E-state index contributed by atoms with van der Waals surface area (Å²) in [4.78, 5) is 22.5. The number of methoxy groups -OCH3 is 1. The minimum absolute atomic E-state index is 0.0753. The molecule has 0 fully saturated rings. The van der Waals surface area contributed by atoms with Crippen LogP contribution in [0, 0.1) is 24.0 Å². The van der Waals surface area contributed by atoms with Gasteiger partial charge < -0.3 is 14.8 Å². The number of thioether (sulfide) groups is 1. The van der Waals surface area contributed by atoms with Crippen molar-refractivity contribution in [3.63, 3.8) is 0 Å². The normalized spacial score (nSPS) is 10.4. The quantitative estimate of drug-likeness (QED) is 0.369. The van der Waals surface area contributed by atoms with Crippen molar-refractivity contribution in [1.29, 1.82) is 0 Å². The maximum absolute atomic E-state index is 11.9. The predicted molar refractivity (Wildman–Crippen MR) is 110 cm³/mol. The van der Waals surface area contributed by atoms with Crippen LogP contribution in [0.5, 0.6) is 11.5 Å². The number of rotatable bonds is 10. The number of carbonyl (C=O) groups is 1. The van der Waals surface area contributed by atoms with Crippen LogP contribution < -0.4 is 14.8 Å². The summed E-state index contributed by atoms with van der Waals surface area (Å²) in [7, 11) is 1.39. The Hall–Kier alpha value is -2.74. The maximum atomic E-state index is 11.9. The molecule has 0 saturated heterocycles. The van der Waals surface area contributed by atoms with E-state index in [0.717, 1.165) is 22.4 Å². The average Bonchev–Trinajstić information content (AvgIpc) is 2.67. The van der Waals surface area contributed by atoms with Gasteiger partial charge in [-0.3, -0.25) is 14.9 Å². The van der Waals surface area contributed by atoms with E-state index >= 15 is 0 Å². The molecule has 7 nitrogen and oxygen atoms in total. The van der Waals surface area contributed by atoms with E-state index in [4.69, 9.17) is 9.47 Å². The van der Waals surface area contributed by atoms with E-state index in [1.807, 2.05) is 32.0 Å². The molecule has 2 aromatic rings. The van der Waals surface area contributed by atoms with Crippen LogP contribution in [0.25, 0.3) is 0 Å². The zero-order chi connectivity index (χ0) is 20.5. The summed E-state index contributed by atoms with van der Waals surface area (Å²) in [5.74, 6) is 1.74. The maximum Gasteiger partial charge on any atom is 0.311 e. The van der Waals surface area contributed by atoms with E-state index in [2.05, 4.69) is 5.32 Å². The highest BCUT2D eigenvalue weighted by Gasteiger charge is 2.15. The van der Waals surface area contributed by atoms with Crippen LogP contribution in [0.15, 0.2) is 36.4 Å². The van der Waals surface area contributed by atoms with Gasteiger partial charge in [0, 0.05) is 11.8 Å². The van der Waals surface area contributed by atoms with Gasteiger partial charge in [0.1, 0.15) is 12.4 Å². The Labute approximate surface area is 168 Å². The molecule has 0 saturated carbocycles. The van der Waals surface area contributed by atoms with Gasteiger partial charge in [0.05, 0.1) is 24.3 Å². The lowest BCUT2D eigenvalue weighted by Crippen LogP contribution is -2.29. The second-order valence-corrected chi connectivity index (χ2v) is 7.16. The molecule has 0 bridgehead atoms. The fourth-order valence-electron chi connectivity index (χ4n) is 2.65. The summed E-state index contributed by atoms with van der Waals surface area (Å²) in [6.07, 6.45) is 0. The molecular formula is C20H24N2O5S. The molecule has 0 aliphatic heterocycles. The fraction of sp³-hybridized carbons (Fsp3) is 0.350. The van der Waals surface area contributed by atoms with Crippen molar-refractivity contribution in [2.75, 3.05) is 26.0 Å². The number of aryl methyl sites for hydroxylation is 2. The highest BCUT2D eigenvalue weighted by Crippen LogP contribution is 2.29. The Bertz CT molecular complexity index is 821. The number of benzene rings is 2. The number of nitro benzene ring substituents is 1. The Morgan fingerprint density at radius 2 is 1.93 bits per heavy atom. The van der Waals surface area contributed by atoms with Crippen molar-refractivity contribution in [2.24, 2.45) is 0 Å². The van der Waals surface area contributed by atoms with Crippen molar-refractivity contribution < 1.29 is 19.2 Å². The van der Waals surface area contributed by atoms with Gasteiger partial charge in [-0.25, -0.2) is 0 Å². The summed E-state index contributed by atoms with van der Waals surface area (Å²) in [6, 6.07) is 10.8. The molecule has 0 atom stereocenters. The lowest BCUT2D eigenvalue weighted by atomic mass is 10.1. The standard InChI is InChI=1S/C20H24N2O5S/c1-14-5-4-6-15(2)20(14)27-10-9-21-19(23)13-28-12-16-7-8-18(26-3)17(11-16)22(24)25/h4-8,11H,9-10,12-13H2,1-3H3,(H,21,23). The summed E-state index contributed by atoms with van der Waals surface area (Å²) in [5, 5.41) is 13.9.